The molecular formula is C14H17NO3. The molecule has 2 N–H and O–H groups in total. The Kier molecular flexibility index (Phi) is 2.96. The molecule has 0 heterocycles. The van der Waals surface area contributed by atoms with Gasteiger partial charge in [-0.3, -0.25) is 0 Å². The molecule has 0 bridgehead atoms. The van der Waals surface area contributed by atoms with Crippen LogP contribution in [0.3, 0.4) is 0 Å². The topological polar surface area (TPSA) is 58.6 Å². The van der Waals surface area contributed by atoms with Gasteiger partial charge in [-0.2, -0.15) is 0 Å². The van der Waals surface area contributed by atoms with E-state index in [0.717, 1.165) is 12.8 Å². The van der Waals surface area contributed by atoms with Gasteiger partial charge in [-0.15, -0.1) is 0 Å². The molecule has 3 rings (SSSR count). The molecule has 0 aliphatic heterocycles. The molecule has 2 fully saturated rings. The summed E-state index contributed by atoms with van der Waals surface area (Å²) in [5.41, 5.74) is 1.19. The van der Waals surface area contributed by atoms with E-state index in [-0.39, 0.29) is 6.04 Å². The summed E-state index contributed by atoms with van der Waals surface area (Å²) in [4.78, 5) is 10.5. The summed E-state index contributed by atoms with van der Waals surface area (Å²) >= 11 is 0. The van der Waals surface area contributed by atoms with E-state index in [2.05, 4.69) is 17.4 Å². The molecule has 2 aliphatic carbocycles. The quantitative estimate of drug-likeness (QED) is 0.858. The van der Waals surface area contributed by atoms with Crippen molar-refractivity contribution in [3.63, 3.8) is 0 Å². The van der Waals surface area contributed by atoms with Gasteiger partial charge in [0.2, 0.25) is 0 Å². The molecule has 1 aromatic rings. The Morgan fingerprint density at radius 3 is 2.56 bits per heavy atom. The average molecular weight is 247 g/mol. The van der Waals surface area contributed by atoms with Crippen molar-refractivity contribution in [3.05, 3.63) is 35.9 Å². The van der Waals surface area contributed by atoms with Crippen LogP contribution in [0.15, 0.2) is 30.3 Å². The molecule has 0 unspecified atom stereocenters. The van der Waals surface area contributed by atoms with Gasteiger partial charge in [0.25, 0.3) is 0 Å². The Hall–Kier alpha value is -1.55. The largest absolute Gasteiger partial charge is 0.465 e. The van der Waals surface area contributed by atoms with Crippen LogP contribution in [0.25, 0.3) is 0 Å². The van der Waals surface area contributed by atoms with Gasteiger partial charge in [0.1, 0.15) is 0 Å². The van der Waals surface area contributed by atoms with Crippen molar-refractivity contribution in [2.75, 3.05) is 0 Å². The van der Waals surface area contributed by atoms with Gasteiger partial charge in [-0.1, -0.05) is 30.3 Å². The molecule has 0 saturated heterocycles. The van der Waals surface area contributed by atoms with Crippen LogP contribution in [0.1, 0.15) is 18.4 Å². The summed E-state index contributed by atoms with van der Waals surface area (Å²) in [6.45, 7) is 0.655. The molecule has 2 aliphatic rings. The fourth-order valence-corrected chi connectivity index (χ4v) is 3.07. The van der Waals surface area contributed by atoms with Gasteiger partial charge >= 0.3 is 6.09 Å². The first-order valence-corrected chi connectivity index (χ1v) is 6.39. The third-order valence-corrected chi connectivity index (χ3v) is 4.02. The zero-order valence-corrected chi connectivity index (χ0v) is 10.1. The average Bonchev–Trinajstić information content (AvgIpc) is 2.83. The van der Waals surface area contributed by atoms with Crippen LogP contribution < -0.4 is 5.32 Å². The number of rotatable bonds is 4. The first-order chi connectivity index (χ1) is 8.74. The first kappa shape index (κ1) is 11.5. The highest BCUT2D eigenvalue weighted by atomic mass is 16.5. The number of nitrogens with one attached hydrogen (secondary N) is 1. The van der Waals surface area contributed by atoms with Gasteiger partial charge in [0.15, 0.2) is 0 Å². The summed E-state index contributed by atoms with van der Waals surface area (Å²) in [5.74, 6) is 1.00. The Balaban J connectivity index is 1.42. The van der Waals surface area contributed by atoms with Crippen LogP contribution in [-0.4, -0.2) is 23.3 Å². The van der Waals surface area contributed by atoms with Crippen molar-refractivity contribution in [2.24, 2.45) is 11.8 Å². The fraction of sp³-hybridized carbons (Fsp3) is 0.500. The predicted molar refractivity (Wildman–Crippen MR) is 66.2 cm³/mol. The van der Waals surface area contributed by atoms with Gasteiger partial charge in [-0.05, 0) is 30.2 Å². The van der Waals surface area contributed by atoms with Crippen LogP contribution >= 0.6 is 0 Å². The van der Waals surface area contributed by atoms with E-state index in [1.54, 1.807) is 0 Å². The smallest absolute Gasteiger partial charge is 0.404 e. The Labute approximate surface area is 106 Å². The fourth-order valence-electron chi connectivity index (χ4n) is 3.07. The van der Waals surface area contributed by atoms with Crippen molar-refractivity contribution in [1.29, 1.82) is 0 Å². The van der Waals surface area contributed by atoms with Crippen molar-refractivity contribution in [2.45, 2.75) is 31.6 Å². The van der Waals surface area contributed by atoms with Gasteiger partial charge in [0.05, 0.1) is 12.7 Å². The minimum Gasteiger partial charge on any atom is -0.465 e. The summed E-state index contributed by atoms with van der Waals surface area (Å²) < 4.78 is 5.87. The van der Waals surface area contributed by atoms with Crippen LogP contribution in [0.5, 0.6) is 0 Å². The monoisotopic (exact) mass is 247 g/mol. The van der Waals surface area contributed by atoms with Crippen molar-refractivity contribution >= 4 is 6.09 Å². The number of ether oxygens (including phenoxy) is 1. The van der Waals surface area contributed by atoms with E-state index in [1.165, 1.54) is 5.56 Å². The molecule has 4 nitrogen and oxygen atoms in total. The van der Waals surface area contributed by atoms with E-state index < -0.39 is 6.09 Å². The van der Waals surface area contributed by atoms with Crippen LogP contribution in [-0.2, 0) is 11.3 Å². The van der Waals surface area contributed by atoms with E-state index in [9.17, 15) is 4.79 Å². The van der Waals surface area contributed by atoms with Crippen molar-refractivity contribution < 1.29 is 14.6 Å². The molecule has 1 aromatic carbocycles. The molecule has 18 heavy (non-hydrogen) atoms. The van der Waals surface area contributed by atoms with Gasteiger partial charge in [-0.25, -0.2) is 4.79 Å². The van der Waals surface area contributed by atoms with Crippen molar-refractivity contribution in [3.8, 4) is 0 Å². The highest BCUT2D eigenvalue weighted by Crippen LogP contribution is 2.52. The Bertz CT molecular complexity index is 422. The van der Waals surface area contributed by atoms with Crippen LogP contribution in [0.2, 0.25) is 0 Å². The zero-order valence-electron chi connectivity index (χ0n) is 10.1. The molecule has 0 spiro atoms. The minimum atomic E-state index is -0.906. The van der Waals surface area contributed by atoms with Gasteiger partial charge in [0, 0.05) is 6.04 Å². The number of fused-ring (bicyclic) bond motifs is 1. The number of hydrogen-bond donors (Lipinski definition) is 2. The second kappa shape index (κ2) is 4.61. The number of carbonyl (C=O) groups is 1. The first-order valence-electron chi connectivity index (χ1n) is 6.39. The molecule has 96 valence electrons. The normalized spacial score (nSPS) is 32.9. The second-order valence-corrected chi connectivity index (χ2v) is 5.19. The standard InChI is InChI=1S/C14H17NO3/c16-14(17)15-13-11-6-10(7-12(11)13)18-8-9-4-2-1-3-5-9/h1-5,10-13,15H,6-8H2,(H,16,17)/t10-,11+,12-,13-. The van der Waals surface area contributed by atoms with Crippen LogP contribution in [0, 0.1) is 11.8 Å². The third-order valence-electron chi connectivity index (χ3n) is 4.02. The SMILES string of the molecule is O=C(O)N[C@H]1[C@@H]2C[C@H](OCc3ccccc3)C[C@@H]21. The zero-order chi connectivity index (χ0) is 12.5. The highest BCUT2D eigenvalue weighted by Gasteiger charge is 2.57. The number of amides is 1. The van der Waals surface area contributed by atoms with Crippen LogP contribution in [0.4, 0.5) is 4.79 Å². The summed E-state index contributed by atoms with van der Waals surface area (Å²) in [6.07, 6.45) is 1.37. The lowest BCUT2D eigenvalue weighted by Crippen LogP contribution is -2.28. The summed E-state index contributed by atoms with van der Waals surface area (Å²) in [6, 6.07) is 10.3. The van der Waals surface area contributed by atoms with E-state index in [1.807, 2.05) is 18.2 Å². The Morgan fingerprint density at radius 2 is 1.94 bits per heavy atom. The maximum Gasteiger partial charge on any atom is 0.404 e. The maximum absolute atomic E-state index is 10.5. The third kappa shape index (κ3) is 2.34. The van der Waals surface area contributed by atoms with Crippen molar-refractivity contribution in [1.82, 2.24) is 5.32 Å². The molecule has 2 saturated carbocycles. The molecule has 4 atom stereocenters. The second-order valence-electron chi connectivity index (χ2n) is 5.19. The lowest BCUT2D eigenvalue weighted by atomic mass is 10.1. The molecule has 0 aromatic heterocycles. The highest BCUT2D eigenvalue weighted by molar-refractivity contribution is 5.65. The number of hydrogen-bond acceptors (Lipinski definition) is 2. The molecule has 4 heteroatoms. The number of benzene rings is 1. The lowest BCUT2D eigenvalue weighted by Gasteiger charge is -2.15. The number of carboxylic acid groups (broad SMARTS) is 1. The van der Waals surface area contributed by atoms with E-state index in [0.29, 0.717) is 24.5 Å². The molecular weight excluding hydrogens is 230 g/mol. The van der Waals surface area contributed by atoms with E-state index in [4.69, 9.17) is 9.84 Å². The lowest BCUT2D eigenvalue weighted by molar-refractivity contribution is 0.0355. The summed E-state index contributed by atoms with van der Waals surface area (Å²) in [5, 5.41) is 11.2. The predicted octanol–water partition coefficient (Wildman–Crippen LogP) is 2.25. The Morgan fingerprint density at radius 1 is 1.28 bits per heavy atom. The van der Waals surface area contributed by atoms with E-state index >= 15 is 0 Å². The van der Waals surface area contributed by atoms with Gasteiger partial charge < -0.3 is 15.2 Å². The maximum atomic E-state index is 10.5. The summed E-state index contributed by atoms with van der Waals surface area (Å²) in [7, 11) is 0. The molecule has 0 radical (unpaired) electrons. The minimum absolute atomic E-state index is 0.180. The molecule has 1 amide bonds.